The summed E-state index contributed by atoms with van der Waals surface area (Å²) in [6, 6.07) is 10.9. The molecule has 4 aromatic rings. The van der Waals surface area contributed by atoms with Gasteiger partial charge in [0.05, 0.1) is 18.5 Å². The van der Waals surface area contributed by atoms with Crippen LogP contribution in [0.5, 0.6) is 5.75 Å². The van der Waals surface area contributed by atoms with E-state index >= 15 is 0 Å². The lowest BCUT2D eigenvalue weighted by atomic mass is 10.1. The first-order valence-electron chi connectivity index (χ1n) is 10.0. The van der Waals surface area contributed by atoms with Crippen LogP contribution < -0.4 is 15.6 Å². The molecular formula is C23H20ClFN4O3S. The molecule has 0 spiro atoms. The Balaban J connectivity index is 1.48. The highest BCUT2D eigenvalue weighted by molar-refractivity contribution is 7.12. The van der Waals surface area contributed by atoms with Crippen LogP contribution in [0.3, 0.4) is 0 Å². The van der Waals surface area contributed by atoms with Crippen molar-refractivity contribution in [3.63, 3.8) is 0 Å². The van der Waals surface area contributed by atoms with Crippen molar-refractivity contribution in [1.82, 2.24) is 14.8 Å². The van der Waals surface area contributed by atoms with Gasteiger partial charge in [0.1, 0.15) is 11.6 Å². The number of hydrogen-bond donors (Lipinski definition) is 2. The molecule has 10 heteroatoms. The topological polar surface area (TPSA) is 89.0 Å². The van der Waals surface area contributed by atoms with Crippen molar-refractivity contribution >= 4 is 34.5 Å². The number of methoxy groups -OCH3 is 1. The van der Waals surface area contributed by atoms with Crippen molar-refractivity contribution in [2.75, 3.05) is 12.4 Å². The normalized spacial score (nSPS) is 10.9. The fraction of sp³-hybridized carbons (Fsp3) is 0.174. The molecule has 0 saturated carbocycles. The van der Waals surface area contributed by atoms with E-state index in [-0.39, 0.29) is 30.1 Å². The third-order valence-corrected chi connectivity index (χ3v) is 6.12. The predicted molar refractivity (Wildman–Crippen MR) is 127 cm³/mol. The van der Waals surface area contributed by atoms with Gasteiger partial charge in [-0.05, 0) is 55.8 Å². The summed E-state index contributed by atoms with van der Waals surface area (Å²) in [5.74, 6) is -0.100. The number of H-pyrrole nitrogens is 1. The molecule has 0 aliphatic heterocycles. The molecule has 2 aromatic carbocycles. The summed E-state index contributed by atoms with van der Waals surface area (Å²) >= 11 is 7.29. The number of thiazole rings is 1. The standard InChI is InChI=1S/C23H20ClFN4O3S/c1-13-17(8-10-21(30)26-18-11-15(24)5-9-20(18)32-2)22(31)29(28-13)23-27-19(12-33-23)14-3-6-16(25)7-4-14/h3-7,9,11-12,28H,8,10H2,1-2H3,(H,26,30). The molecule has 2 aromatic heterocycles. The molecule has 4 rings (SSSR count). The van der Waals surface area contributed by atoms with Gasteiger partial charge in [-0.2, -0.15) is 4.68 Å². The highest BCUT2D eigenvalue weighted by Gasteiger charge is 2.17. The minimum atomic E-state index is -0.326. The molecule has 0 saturated heterocycles. The highest BCUT2D eigenvalue weighted by Crippen LogP contribution is 2.28. The molecule has 2 heterocycles. The molecule has 0 atom stereocenters. The summed E-state index contributed by atoms with van der Waals surface area (Å²) in [6.45, 7) is 1.78. The van der Waals surface area contributed by atoms with E-state index in [1.54, 1.807) is 42.6 Å². The molecule has 0 fully saturated rings. The molecule has 170 valence electrons. The maximum Gasteiger partial charge on any atom is 0.276 e. The lowest BCUT2D eigenvalue weighted by Crippen LogP contribution is -2.19. The third kappa shape index (κ3) is 4.99. The maximum atomic E-state index is 13.2. The molecule has 0 aliphatic rings. The number of hydrogen-bond acceptors (Lipinski definition) is 5. The number of ether oxygens (including phenoxy) is 1. The number of halogens is 2. The summed E-state index contributed by atoms with van der Waals surface area (Å²) in [4.78, 5) is 30.0. The van der Waals surface area contributed by atoms with Crippen LogP contribution in [0.2, 0.25) is 5.02 Å². The largest absolute Gasteiger partial charge is 0.495 e. The van der Waals surface area contributed by atoms with Gasteiger partial charge in [-0.3, -0.25) is 14.7 Å². The monoisotopic (exact) mass is 486 g/mol. The van der Waals surface area contributed by atoms with E-state index in [4.69, 9.17) is 16.3 Å². The maximum absolute atomic E-state index is 13.2. The number of aromatic amines is 1. The molecule has 0 radical (unpaired) electrons. The number of aromatic nitrogens is 3. The first kappa shape index (κ1) is 22.8. The van der Waals surface area contributed by atoms with Crippen LogP contribution in [0.4, 0.5) is 10.1 Å². The summed E-state index contributed by atoms with van der Waals surface area (Å²) in [5.41, 5.74) is 2.76. The molecule has 0 aliphatic carbocycles. The van der Waals surface area contributed by atoms with Crippen molar-refractivity contribution in [1.29, 1.82) is 0 Å². The Morgan fingerprint density at radius 1 is 1.27 bits per heavy atom. The van der Waals surface area contributed by atoms with Gasteiger partial charge in [-0.1, -0.05) is 11.6 Å². The lowest BCUT2D eigenvalue weighted by Gasteiger charge is -2.10. The summed E-state index contributed by atoms with van der Waals surface area (Å²) in [6.07, 6.45) is 0.349. The molecule has 0 bridgehead atoms. The van der Waals surface area contributed by atoms with Crippen molar-refractivity contribution in [3.8, 4) is 22.1 Å². The Kier molecular flexibility index (Phi) is 6.62. The Hall–Kier alpha value is -3.43. The van der Waals surface area contributed by atoms with Crippen LogP contribution in [0.1, 0.15) is 17.7 Å². The molecular weight excluding hydrogens is 467 g/mol. The van der Waals surface area contributed by atoms with E-state index in [0.29, 0.717) is 38.5 Å². The van der Waals surface area contributed by atoms with Crippen molar-refractivity contribution < 1.29 is 13.9 Å². The summed E-state index contributed by atoms with van der Waals surface area (Å²) in [5, 5.41) is 8.53. The number of rotatable bonds is 7. The minimum Gasteiger partial charge on any atom is -0.495 e. The zero-order valence-corrected chi connectivity index (χ0v) is 19.4. The van der Waals surface area contributed by atoms with Gasteiger partial charge in [-0.15, -0.1) is 11.3 Å². The fourth-order valence-corrected chi connectivity index (χ4v) is 4.32. The van der Waals surface area contributed by atoms with Crippen LogP contribution in [0.15, 0.2) is 52.6 Å². The fourth-order valence-electron chi connectivity index (χ4n) is 3.36. The number of nitrogens with zero attached hydrogens (tertiary/aromatic N) is 2. The van der Waals surface area contributed by atoms with Crippen LogP contribution >= 0.6 is 22.9 Å². The Labute approximate surface area is 197 Å². The average molecular weight is 487 g/mol. The van der Waals surface area contributed by atoms with Crippen molar-refractivity contribution in [2.45, 2.75) is 19.8 Å². The van der Waals surface area contributed by atoms with Crippen molar-refractivity contribution in [3.05, 3.63) is 80.3 Å². The summed E-state index contributed by atoms with van der Waals surface area (Å²) in [7, 11) is 1.50. The number of carbonyl (C=O) groups excluding carboxylic acids is 1. The van der Waals surface area contributed by atoms with E-state index in [0.717, 1.165) is 5.56 Å². The second kappa shape index (κ2) is 9.60. The number of aryl methyl sites for hydroxylation is 1. The van der Waals surface area contributed by atoms with Gasteiger partial charge in [0, 0.05) is 33.6 Å². The Morgan fingerprint density at radius 2 is 2.03 bits per heavy atom. The van der Waals surface area contributed by atoms with E-state index < -0.39 is 0 Å². The smallest absolute Gasteiger partial charge is 0.276 e. The second-order valence-corrected chi connectivity index (χ2v) is 8.54. The minimum absolute atomic E-state index is 0.0995. The zero-order valence-electron chi connectivity index (χ0n) is 17.8. The van der Waals surface area contributed by atoms with Gasteiger partial charge < -0.3 is 10.1 Å². The molecule has 33 heavy (non-hydrogen) atoms. The van der Waals surface area contributed by atoms with Gasteiger partial charge in [-0.25, -0.2) is 9.37 Å². The van der Waals surface area contributed by atoms with Gasteiger partial charge in [0.15, 0.2) is 0 Å². The number of nitrogens with one attached hydrogen (secondary N) is 2. The van der Waals surface area contributed by atoms with Crippen LogP contribution in [-0.2, 0) is 11.2 Å². The average Bonchev–Trinajstić information content (AvgIpc) is 3.38. The number of amides is 1. The van der Waals surface area contributed by atoms with E-state index in [9.17, 15) is 14.0 Å². The highest BCUT2D eigenvalue weighted by atomic mass is 35.5. The van der Waals surface area contributed by atoms with Crippen LogP contribution in [0, 0.1) is 12.7 Å². The number of anilines is 1. The summed E-state index contributed by atoms with van der Waals surface area (Å²) < 4.78 is 19.8. The van der Waals surface area contributed by atoms with E-state index in [1.165, 1.54) is 35.3 Å². The molecule has 7 nitrogen and oxygen atoms in total. The van der Waals surface area contributed by atoms with Gasteiger partial charge in [0.2, 0.25) is 11.0 Å². The first-order valence-corrected chi connectivity index (χ1v) is 11.3. The zero-order chi connectivity index (χ0) is 23.5. The van der Waals surface area contributed by atoms with Crippen LogP contribution in [0.25, 0.3) is 16.4 Å². The lowest BCUT2D eigenvalue weighted by molar-refractivity contribution is -0.116. The SMILES string of the molecule is COc1ccc(Cl)cc1NC(=O)CCc1c(C)[nH]n(-c2nc(-c3ccc(F)cc3)cs2)c1=O. The van der Waals surface area contributed by atoms with Crippen LogP contribution in [-0.4, -0.2) is 27.8 Å². The molecule has 0 unspecified atom stereocenters. The van der Waals surface area contributed by atoms with Gasteiger partial charge >= 0.3 is 0 Å². The molecule has 2 N–H and O–H groups in total. The molecule has 1 amide bonds. The predicted octanol–water partition coefficient (Wildman–Crippen LogP) is 4.97. The van der Waals surface area contributed by atoms with E-state index in [1.807, 2.05) is 0 Å². The van der Waals surface area contributed by atoms with E-state index in [2.05, 4.69) is 15.4 Å². The third-order valence-electron chi connectivity index (χ3n) is 5.05. The number of benzene rings is 2. The van der Waals surface area contributed by atoms with Crippen molar-refractivity contribution in [2.24, 2.45) is 0 Å². The second-order valence-electron chi connectivity index (χ2n) is 7.27. The number of carbonyl (C=O) groups is 1. The quantitative estimate of drug-likeness (QED) is 0.386. The Morgan fingerprint density at radius 3 is 2.76 bits per heavy atom. The van der Waals surface area contributed by atoms with Gasteiger partial charge in [0.25, 0.3) is 5.56 Å². The first-order chi connectivity index (χ1) is 15.9. The Bertz CT molecular complexity index is 1360.